The third-order valence-corrected chi connectivity index (χ3v) is 2.54. The molecule has 0 aliphatic rings. The quantitative estimate of drug-likeness (QED) is 0.673. The Kier molecular flexibility index (Phi) is 3.44. The number of phenolic OH excluding ortho intramolecular Hbond substituents is 1. The molecule has 1 aromatic rings. The van der Waals surface area contributed by atoms with Crippen molar-refractivity contribution in [2.75, 3.05) is 5.33 Å². The second-order valence-electron chi connectivity index (χ2n) is 2.35. The summed E-state index contributed by atoms with van der Waals surface area (Å²) in [6.45, 7) is 0. The van der Waals surface area contributed by atoms with Gasteiger partial charge in [0.2, 0.25) is 0 Å². The van der Waals surface area contributed by atoms with Crippen LogP contribution in [0.3, 0.4) is 0 Å². The van der Waals surface area contributed by atoms with Crippen LogP contribution in [0.2, 0.25) is 0 Å². The number of rotatable bonds is 2. The van der Waals surface area contributed by atoms with Crippen molar-refractivity contribution in [3.63, 3.8) is 0 Å². The minimum Gasteiger partial charge on any atom is -0.505 e. The molecule has 2 nitrogen and oxygen atoms in total. The van der Waals surface area contributed by atoms with E-state index in [9.17, 15) is 9.18 Å². The third-order valence-electron chi connectivity index (χ3n) is 1.45. The highest BCUT2D eigenvalue weighted by atomic mass is 79.9. The highest BCUT2D eigenvalue weighted by Gasteiger charge is 2.11. The van der Waals surface area contributed by atoms with Gasteiger partial charge in [-0.25, -0.2) is 4.39 Å². The van der Waals surface area contributed by atoms with E-state index in [1.807, 2.05) is 0 Å². The fraction of sp³-hybridized carbons (Fsp3) is 0.125. The molecule has 0 saturated carbocycles. The first-order valence-corrected chi connectivity index (χ1v) is 5.25. The molecule has 1 N–H and O–H groups in total. The normalized spacial score (nSPS) is 10.1. The molecule has 0 saturated heterocycles. The van der Waals surface area contributed by atoms with Crippen LogP contribution in [0.15, 0.2) is 16.6 Å². The Hall–Kier alpha value is -0.420. The lowest BCUT2D eigenvalue weighted by atomic mass is 10.1. The van der Waals surface area contributed by atoms with Gasteiger partial charge in [0.05, 0.1) is 9.80 Å². The van der Waals surface area contributed by atoms with E-state index in [1.54, 1.807) is 0 Å². The number of ketones is 1. The highest BCUT2D eigenvalue weighted by molar-refractivity contribution is 9.10. The second kappa shape index (κ2) is 4.19. The predicted octanol–water partition coefficient (Wildman–Crippen LogP) is 2.87. The first kappa shape index (κ1) is 10.7. The molecule has 0 radical (unpaired) electrons. The Morgan fingerprint density at radius 2 is 2.15 bits per heavy atom. The van der Waals surface area contributed by atoms with Crippen LogP contribution in [-0.4, -0.2) is 16.2 Å². The highest BCUT2D eigenvalue weighted by Crippen LogP contribution is 2.26. The van der Waals surface area contributed by atoms with Crippen LogP contribution < -0.4 is 0 Å². The van der Waals surface area contributed by atoms with Crippen molar-refractivity contribution in [1.29, 1.82) is 0 Å². The zero-order valence-corrected chi connectivity index (χ0v) is 9.52. The van der Waals surface area contributed by atoms with Gasteiger partial charge >= 0.3 is 0 Å². The molecule has 70 valence electrons. The number of carbonyl (C=O) groups excluding carboxylic acids is 1. The summed E-state index contributed by atoms with van der Waals surface area (Å²) < 4.78 is 12.9. The van der Waals surface area contributed by atoms with Gasteiger partial charge in [-0.3, -0.25) is 4.79 Å². The van der Waals surface area contributed by atoms with E-state index in [0.29, 0.717) is 0 Å². The number of hydrogen-bond acceptors (Lipinski definition) is 2. The Morgan fingerprint density at radius 1 is 1.54 bits per heavy atom. The van der Waals surface area contributed by atoms with Crippen molar-refractivity contribution in [3.05, 3.63) is 28.0 Å². The Bertz CT molecular complexity index is 329. The van der Waals surface area contributed by atoms with Crippen LogP contribution >= 0.6 is 31.9 Å². The molecule has 13 heavy (non-hydrogen) atoms. The average molecular weight is 312 g/mol. The molecule has 0 heterocycles. The topological polar surface area (TPSA) is 37.3 Å². The van der Waals surface area contributed by atoms with E-state index in [0.717, 1.165) is 6.07 Å². The standard InChI is InChI=1S/C8H5Br2FO2/c9-3-7(13)4-1-5(10)8(11)6(12)2-4/h1-2,12H,3H2. The summed E-state index contributed by atoms with van der Waals surface area (Å²) in [4.78, 5) is 11.1. The summed E-state index contributed by atoms with van der Waals surface area (Å²) in [6, 6.07) is 2.43. The lowest BCUT2D eigenvalue weighted by Crippen LogP contribution is -2.00. The molecule has 0 aliphatic carbocycles. The Balaban J connectivity index is 3.20. The smallest absolute Gasteiger partial charge is 0.178 e. The van der Waals surface area contributed by atoms with Crippen molar-refractivity contribution < 1.29 is 14.3 Å². The van der Waals surface area contributed by atoms with E-state index in [1.165, 1.54) is 6.07 Å². The van der Waals surface area contributed by atoms with Crippen molar-refractivity contribution in [2.45, 2.75) is 0 Å². The van der Waals surface area contributed by atoms with Gasteiger partial charge in [0.1, 0.15) is 0 Å². The van der Waals surface area contributed by atoms with E-state index in [2.05, 4.69) is 31.9 Å². The van der Waals surface area contributed by atoms with Gasteiger partial charge in [-0.1, -0.05) is 15.9 Å². The number of alkyl halides is 1. The molecule has 0 atom stereocenters. The van der Waals surface area contributed by atoms with Crippen LogP contribution in [0.25, 0.3) is 0 Å². The molecule has 0 amide bonds. The number of hydrogen-bond donors (Lipinski definition) is 1. The lowest BCUT2D eigenvalue weighted by Gasteiger charge is -2.01. The maximum absolute atomic E-state index is 12.9. The fourth-order valence-corrected chi connectivity index (χ4v) is 1.59. The molecule has 1 rings (SSSR count). The molecule has 0 aliphatic heterocycles. The van der Waals surface area contributed by atoms with Crippen LogP contribution in [0, 0.1) is 5.82 Å². The van der Waals surface area contributed by atoms with Gasteiger partial charge in [-0.05, 0) is 28.1 Å². The van der Waals surface area contributed by atoms with Gasteiger partial charge in [0, 0.05) is 5.56 Å². The number of halogens is 3. The van der Waals surface area contributed by atoms with E-state index in [-0.39, 0.29) is 21.1 Å². The summed E-state index contributed by atoms with van der Waals surface area (Å²) in [5.74, 6) is -1.50. The second-order valence-corrected chi connectivity index (χ2v) is 3.76. The van der Waals surface area contributed by atoms with Crippen LogP contribution in [-0.2, 0) is 0 Å². The SMILES string of the molecule is O=C(CBr)c1cc(O)c(F)c(Br)c1. The maximum Gasteiger partial charge on any atom is 0.178 e. The number of Topliss-reactive ketones (excluding diaryl/α,β-unsaturated/α-hetero) is 1. The van der Waals surface area contributed by atoms with Crippen molar-refractivity contribution in [1.82, 2.24) is 0 Å². The number of carbonyl (C=O) groups is 1. The molecule has 5 heteroatoms. The zero-order chi connectivity index (χ0) is 10.0. The van der Waals surface area contributed by atoms with Gasteiger partial charge in [-0.2, -0.15) is 0 Å². The zero-order valence-electron chi connectivity index (χ0n) is 6.35. The van der Waals surface area contributed by atoms with Crippen molar-refractivity contribution >= 4 is 37.6 Å². The van der Waals surface area contributed by atoms with Gasteiger partial charge in [0.25, 0.3) is 0 Å². The summed E-state index contributed by atoms with van der Waals surface area (Å²) in [7, 11) is 0. The average Bonchev–Trinajstić information content (AvgIpc) is 2.12. The maximum atomic E-state index is 12.9. The summed E-state index contributed by atoms with van der Waals surface area (Å²) in [5, 5.41) is 9.20. The summed E-state index contributed by atoms with van der Waals surface area (Å²) >= 11 is 5.87. The number of benzene rings is 1. The van der Waals surface area contributed by atoms with Gasteiger partial charge < -0.3 is 5.11 Å². The largest absolute Gasteiger partial charge is 0.505 e. The fourth-order valence-electron chi connectivity index (χ4n) is 0.813. The molecule has 0 spiro atoms. The monoisotopic (exact) mass is 310 g/mol. The lowest BCUT2D eigenvalue weighted by molar-refractivity contribution is 0.102. The minimum atomic E-state index is -0.758. The molecule has 0 aromatic heterocycles. The molecule has 0 fully saturated rings. The van der Waals surface area contributed by atoms with Crippen LogP contribution in [0.1, 0.15) is 10.4 Å². The van der Waals surface area contributed by atoms with Crippen molar-refractivity contribution in [2.24, 2.45) is 0 Å². The third kappa shape index (κ3) is 2.28. The summed E-state index contributed by atoms with van der Waals surface area (Å²) in [6.07, 6.45) is 0. The number of phenols is 1. The first-order chi connectivity index (χ1) is 6.06. The molecule has 1 aromatic carbocycles. The molecule has 0 bridgehead atoms. The predicted molar refractivity (Wildman–Crippen MR) is 53.9 cm³/mol. The Labute approximate surface area is 91.0 Å². The van der Waals surface area contributed by atoms with Crippen molar-refractivity contribution in [3.8, 4) is 5.75 Å². The van der Waals surface area contributed by atoms with Gasteiger partial charge in [0.15, 0.2) is 17.3 Å². The van der Waals surface area contributed by atoms with Crippen LogP contribution in [0.5, 0.6) is 5.75 Å². The molecular formula is C8H5Br2FO2. The van der Waals surface area contributed by atoms with Gasteiger partial charge in [-0.15, -0.1) is 0 Å². The van der Waals surface area contributed by atoms with E-state index < -0.39 is 11.6 Å². The Morgan fingerprint density at radius 3 is 2.62 bits per heavy atom. The van der Waals surface area contributed by atoms with E-state index in [4.69, 9.17) is 5.11 Å². The first-order valence-electron chi connectivity index (χ1n) is 3.33. The summed E-state index contributed by atoms with van der Waals surface area (Å²) in [5.41, 5.74) is 0.266. The number of aromatic hydroxyl groups is 1. The molecule has 0 unspecified atom stereocenters. The van der Waals surface area contributed by atoms with E-state index >= 15 is 0 Å². The van der Waals surface area contributed by atoms with Crippen LogP contribution in [0.4, 0.5) is 4.39 Å². The molecular weight excluding hydrogens is 307 g/mol. The minimum absolute atomic E-state index is 0.0804.